The number of esters is 1. The third kappa shape index (κ3) is 6.32. The van der Waals surface area contributed by atoms with E-state index in [0.29, 0.717) is 38.5 Å². The predicted octanol–water partition coefficient (Wildman–Crippen LogP) is 6.36. The van der Waals surface area contributed by atoms with Gasteiger partial charge in [0.15, 0.2) is 6.10 Å². The van der Waals surface area contributed by atoms with E-state index in [2.05, 4.69) is 17.6 Å². The molecular formula is C28H29ClN2O5S. The number of hydrogen-bond acceptors (Lipinski definition) is 6. The van der Waals surface area contributed by atoms with Crippen molar-refractivity contribution in [1.82, 2.24) is 0 Å². The van der Waals surface area contributed by atoms with Gasteiger partial charge in [0.2, 0.25) is 0 Å². The molecule has 1 aliphatic carbocycles. The standard InChI is InChI=1S/C28H29ClN2O5S/c1-4-35-28(34)24-20-14-9-16(2)15-23(20)37-27(24)31-26(33)18-10-12-19(13-11-18)36-17(3)25(32)30-22-8-6-5-7-21(22)29/h5-8,10-13,16-17H,4,9,14-15H2,1-3H3,(H,30,32)(H,31,33)/t16-,17-/m0/s1. The molecule has 4 rings (SSSR count). The molecule has 2 N–H and O–H groups in total. The molecule has 1 aliphatic rings. The molecule has 0 saturated carbocycles. The maximum atomic E-state index is 13.0. The molecule has 0 aliphatic heterocycles. The van der Waals surface area contributed by atoms with Crippen molar-refractivity contribution in [3.8, 4) is 5.75 Å². The average Bonchev–Trinajstić information content (AvgIpc) is 3.22. The van der Waals surface area contributed by atoms with Crippen molar-refractivity contribution in [2.75, 3.05) is 17.2 Å². The summed E-state index contributed by atoms with van der Waals surface area (Å²) in [5.41, 5.74) is 2.36. The molecule has 9 heteroatoms. The monoisotopic (exact) mass is 540 g/mol. The van der Waals surface area contributed by atoms with E-state index < -0.39 is 12.1 Å². The molecule has 194 valence electrons. The third-order valence-electron chi connectivity index (χ3n) is 6.15. The van der Waals surface area contributed by atoms with E-state index in [4.69, 9.17) is 21.1 Å². The minimum Gasteiger partial charge on any atom is -0.481 e. The topological polar surface area (TPSA) is 93.7 Å². The van der Waals surface area contributed by atoms with Gasteiger partial charge in [-0.2, -0.15) is 0 Å². The molecule has 2 amide bonds. The van der Waals surface area contributed by atoms with Gasteiger partial charge in [-0.3, -0.25) is 9.59 Å². The van der Waals surface area contributed by atoms with E-state index in [1.54, 1.807) is 62.4 Å². The zero-order chi connectivity index (χ0) is 26.5. The summed E-state index contributed by atoms with van der Waals surface area (Å²) in [7, 11) is 0. The summed E-state index contributed by atoms with van der Waals surface area (Å²) in [6.45, 7) is 5.85. The molecule has 0 fully saturated rings. The lowest BCUT2D eigenvalue weighted by atomic mass is 9.88. The van der Waals surface area contributed by atoms with Crippen LogP contribution in [0.4, 0.5) is 10.7 Å². The average molecular weight is 541 g/mol. The van der Waals surface area contributed by atoms with Gasteiger partial charge in [-0.15, -0.1) is 11.3 Å². The Morgan fingerprint density at radius 2 is 1.84 bits per heavy atom. The summed E-state index contributed by atoms with van der Waals surface area (Å²) in [6, 6.07) is 13.4. The number of halogens is 1. The van der Waals surface area contributed by atoms with Gasteiger partial charge in [-0.25, -0.2) is 4.79 Å². The Bertz CT molecular complexity index is 1300. The molecular weight excluding hydrogens is 512 g/mol. The Kier molecular flexibility index (Phi) is 8.51. The highest BCUT2D eigenvalue weighted by molar-refractivity contribution is 7.17. The third-order valence-corrected chi connectivity index (χ3v) is 7.65. The van der Waals surface area contributed by atoms with E-state index in [1.165, 1.54) is 11.3 Å². The summed E-state index contributed by atoms with van der Waals surface area (Å²) < 4.78 is 11.0. The van der Waals surface area contributed by atoms with Crippen molar-refractivity contribution < 1.29 is 23.9 Å². The van der Waals surface area contributed by atoms with Gasteiger partial charge in [0, 0.05) is 10.4 Å². The van der Waals surface area contributed by atoms with Gasteiger partial charge < -0.3 is 20.1 Å². The van der Waals surface area contributed by atoms with Crippen LogP contribution < -0.4 is 15.4 Å². The van der Waals surface area contributed by atoms with E-state index in [1.807, 2.05) is 0 Å². The number of carbonyl (C=O) groups is 3. The number of amides is 2. The van der Waals surface area contributed by atoms with Gasteiger partial charge >= 0.3 is 5.97 Å². The second kappa shape index (κ2) is 11.8. The summed E-state index contributed by atoms with van der Waals surface area (Å²) in [6.07, 6.45) is 1.89. The minimum atomic E-state index is -0.789. The van der Waals surface area contributed by atoms with Crippen LogP contribution in [-0.2, 0) is 22.4 Å². The number of anilines is 2. The van der Waals surface area contributed by atoms with E-state index in [-0.39, 0.29) is 18.4 Å². The van der Waals surface area contributed by atoms with E-state index >= 15 is 0 Å². The lowest BCUT2D eigenvalue weighted by Gasteiger charge is -2.18. The van der Waals surface area contributed by atoms with Crippen molar-refractivity contribution in [2.24, 2.45) is 5.92 Å². The minimum absolute atomic E-state index is 0.267. The van der Waals surface area contributed by atoms with Crippen LogP contribution in [0, 0.1) is 5.92 Å². The first-order chi connectivity index (χ1) is 17.8. The van der Waals surface area contributed by atoms with Gasteiger partial charge in [-0.05, 0) is 81.0 Å². The summed E-state index contributed by atoms with van der Waals surface area (Å²) >= 11 is 7.55. The van der Waals surface area contributed by atoms with Crippen molar-refractivity contribution in [2.45, 2.75) is 46.1 Å². The SMILES string of the molecule is CCOC(=O)c1c(NC(=O)c2ccc(O[C@@H](C)C(=O)Nc3ccccc3Cl)cc2)sc2c1CC[C@H](C)C2. The fraction of sp³-hybridized carbons (Fsp3) is 0.321. The largest absolute Gasteiger partial charge is 0.481 e. The number of fused-ring (bicyclic) bond motifs is 1. The Balaban J connectivity index is 1.43. The molecule has 0 bridgehead atoms. The zero-order valence-corrected chi connectivity index (χ0v) is 22.5. The zero-order valence-electron chi connectivity index (χ0n) is 20.9. The number of rotatable bonds is 8. The molecule has 0 unspecified atom stereocenters. The number of benzene rings is 2. The molecule has 3 aromatic rings. The fourth-order valence-electron chi connectivity index (χ4n) is 4.17. The van der Waals surface area contributed by atoms with E-state index in [9.17, 15) is 14.4 Å². The molecule has 7 nitrogen and oxygen atoms in total. The molecule has 2 aromatic carbocycles. The summed E-state index contributed by atoms with van der Waals surface area (Å²) in [5, 5.41) is 6.60. The summed E-state index contributed by atoms with van der Waals surface area (Å²) in [4.78, 5) is 39.4. The first-order valence-corrected chi connectivity index (χ1v) is 13.4. The highest BCUT2D eigenvalue weighted by Crippen LogP contribution is 2.40. The Labute approximate surface area is 225 Å². The molecule has 37 heavy (non-hydrogen) atoms. The second-order valence-electron chi connectivity index (χ2n) is 8.98. The Hall–Kier alpha value is -3.36. The van der Waals surface area contributed by atoms with Gasteiger partial charge in [0.25, 0.3) is 11.8 Å². The lowest BCUT2D eigenvalue weighted by molar-refractivity contribution is -0.122. The van der Waals surface area contributed by atoms with Crippen LogP contribution in [0.25, 0.3) is 0 Å². The van der Waals surface area contributed by atoms with Crippen molar-refractivity contribution >= 4 is 51.4 Å². The number of carbonyl (C=O) groups excluding carboxylic acids is 3. The van der Waals surface area contributed by atoms with Crippen LogP contribution in [-0.4, -0.2) is 30.5 Å². The molecule has 0 saturated heterocycles. The highest BCUT2D eigenvalue weighted by atomic mass is 35.5. The van der Waals surface area contributed by atoms with Crippen molar-refractivity contribution in [3.05, 3.63) is 75.1 Å². The van der Waals surface area contributed by atoms with Gasteiger partial charge in [-0.1, -0.05) is 30.7 Å². The number of ether oxygens (including phenoxy) is 2. The number of nitrogens with one attached hydrogen (secondary N) is 2. The maximum absolute atomic E-state index is 13.0. The normalized spacial score (nSPS) is 15.3. The lowest BCUT2D eigenvalue weighted by Crippen LogP contribution is -2.30. The maximum Gasteiger partial charge on any atom is 0.341 e. The van der Waals surface area contributed by atoms with E-state index in [0.717, 1.165) is 29.7 Å². The predicted molar refractivity (Wildman–Crippen MR) is 146 cm³/mol. The molecule has 0 spiro atoms. The van der Waals surface area contributed by atoms with Crippen molar-refractivity contribution in [1.29, 1.82) is 0 Å². The van der Waals surface area contributed by atoms with Gasteiger partial charge in [0.05, 0.1) is 22.9 Å². The molecule has 0 radical (unpaired) electrons. The molecule has 2 atom stereocenters. The first-order valence-electron chi connectivity index (χ1n) is 12.2. The Morgan fingerprint density at radius 3 is 2.54 bits per heavy atom. The van der Waals surface area contributed by atoms with Crippen LogP contribution in [0.1, 0.15) is 58.3 Å². The van der Waals surface area contributed by atoms with Crippen LogP contribution in [0.3, 0.4) is 0 Å². The van der Waals surface area contributed by atoms with Crippen LogP contribution in [0.2, 0.25) is 5.02 Å². The fourth-order valence-corrected chi connectivity index (χ4v) is 5.75. The smallest absolute Gasteiger partial charge is 0.341 e. The summed E-state index contributed by atoms with van der Waals surface area (Å²) in [5.74, 6) is -0.124. The number of hydrogen-bond donors (Lipinski definition) is 2. The quantitative estimate of drug-likeness (QED) is 0.324. The van der Waals surface area contributed by atoms with Crippen LogP contribution in [0.5, 0.6) is 5.75 Å². The van der Waals surface area contributed by atoms with Gasteiger partial charge in [0.1, 0.15) is 10.8 Å². The second-order valence-corrected chi connectivity index (χ2v) is 10.5. The Morgan fingerprint density at radius 1 is 1.11 bits per heavy atom. The number of thiophene rings is 1. The van der Waals surface area contributed by atoms with Crippen LogP contribution >= 0.6 is 22.9 Å². The van der Waals surface area contributed by atoms with Crippen molar-refractivity contribution in [3.63, 3.8) is 0 Å². The van der Waals surface area contributed by atoms with Crippen LogP contribution in [0.15, 0.2) is 48.5 Å². The first kappa shape index (κ1) is 26.7. The highest BCUT2D eigenvalue weighted by Gasteiger charge is 2.29. The molecule has 1 heterocycles. The number of para-hydroxylation sites is 1. The molecule has 1 aromatic heterocycles.